The fourth-order valence-electron chi connectivity index (χ4n) is 7.20. The minimum absolute atomic E-state index is 0.0913. The van der Waals surface area contributed by atoms with Crippen molar-refractivity contribution in [1.82, 2.24) is 0 Å². The van der Waals surface area contributed by atoms with Gasteiger partial charge in [0.2, 0.25) is 0 Å². The van der Waals surface area contributed by atoms with Gasteiger partial charge < -0.3 is 18.9 Å². The van der Waals surface area contributed by atoms with Crippen molar-refractivity contribution in [1.29, 1.82) is 0 Å². The summed E-state index contributed by atoms with van der Waals surface area (Å²) in [6.07, 6.45) is 48.2. The SMILES string of the molecule is CCCCCCCCC/C=C\CCCCCCCCCC(=O)OC(COCCCCCCCCCCCCCCCCCCCC)COP(=O)(O)OCC[N+](C)(C)C. The largest absolute Gasteiger partial charge is 0.472 e. The first-order valence-electron chi connectivity index (χ1n) is 24.9. The molecule has 346 valence electrons. The van der Waals surface area contributed by atoms with Crippen LogP contribution in [0, 0.1) is 0 Å². The Balaban J connectivity index is 4.14. The predicted octanol–water partition coefficient (Wildman–Crippen LogP) is 15.0. The summed E-state index contributed by atoms with van der Waals surface area (Å²) >= 11 is 0. The van der Waals surface area contributed by atoms with Gasteiger partial charge in [-0.05, 0) is 38.5 Å². The van der Waals surface area contributed by atoms with Crippen LogP contribution in [0.2, 0.25) is 0 Å². The number of nitrogens with zero attached hydrogens (tertiary/aromatic N) is 1. The first-order valence-corrected chi connectivity index (χ1v) is 26.4. The molecule has 0 aromatic rings. The molecule has 0 heterocycles. The molecule has 0 aromatic carbocycles. The van der Waals surface area contributed by atoms with Gasteiger partial charge in [0, 0.05) is 13.0 Å². The molecule has 0 radical (unpaired) electrons. The van der Waals surface area contributed by atoms with Crippen molar-refractivity contribution in [2.45, 2.75) is 245 Å². The van der Waals surface area contributed by atoms with Gasteiger partial charge in [0.15, 0.2) is 0 Å². The number of quaternary nitrogens is 1. The molecule has 8 nitrogen and oxygen atoms in total. The molecule has 0 amide bonds. The second-order valence-corrected chi connectivity index (χ2v) is 19.7. The molecule has 0 spiro atoms. The van der Waals surface area contributed by atoms with E-state index in [1.54, 1.807) is 0 Å². The lowest BCUT2D eigenvalue weighted by Gasteiger charge is -2.24. The van der Waals surface area contributed by atoms with Gasteiger partial charge in [0.05, 0.1) is 34.4 Å². The number of esters is 1. The summed E-state index contributed by atoms with van der Waals surface area (Å²) in [4.78, 5) is 23.0. The lowest BCUT2D eigenvalue weighted by molar-refractivity contribution is -0.870. The highest BCUT2D eigenvalue weighted by Gasteiger charge is 2.26. The van der Waals surface area contributed by atoms with E-state index in [2.05, 4.69) is 26.0 Å². The monoisotopic (exact) mass is 845 g/mol. The lowest BCUT2D eigenvalue weighted by atomic mass is 10.0. The number of carbonyl (C=O) groups is 1. The second-order valence-electron chi connectivity index (χ2n) is 18.2. The summed E-state index contributed by atoms with van der Waals surface area (Å²) < 4.78 is 35.1. The van der Waals surface area contributed by atoms with E-state index in [1.165, 1.54) is 186 Å². The van der Waals surface area contributed by atoms with Crippen LogP contribution >= 0.6 is 7.82 Å². The Morgan fingerprint density at radius 1 is 0.517 bits per heavy atom. The third kappa shape index (κ3) is 46.3. The number of phosphoric acid groups is 1. The van der Waals surface area contributed by atoms with Crippen molar-refractivity contribution in [2.75, 3.05) is 54.1 Å². The van der Waals surface area contributed by atoms with Gasteiger partial charge in [-0.1, -0.05) is 206 Å². The minimum atomic E-state index is -4.27. The van der Waals surface area contributed by atoms with Crippen LogP contribution in [-0.4, -0.2) is 75.6 Å². The summed E-state index contributed by atoms with van der Waals surface area (Å²) in [7, 11) is 1.68. The quantitative estimate of drug-likeness (QED) is 0.0214. The number of phosphoric ester groups is 1. The maximum Gasteiger partial charge on any atom is 0.472 e. The molecule has 0 saturated carbocycles. The molecule has 0 aromatic heterocycles. The molecular formula is C49H99NO7P+. The first-order chi connectivity index (χ1) is 28.1. The van der Waals surface area contributed by atoms with Crippen molar-refractivity contribution in [3.05, 3.63) is 12.2 Å². The van der Waals surface area contributed by atoms with Crippen molar-refractivity contribution in [3.63, 3.8) is 0 Å². The zero-order chi connectivity index (χ0) is 42.7. The summed E-state index contributed by atoms with van der Waals surface area (Å²) in [5, 5.41) is 0. The number of rotatable bonds is 47. The zero-order valence-corrected chi connectivity index (χ0v) is 40.2. The highest BCUT2D eigenvalue weighted by atomic mass is 31.2. The van der Waals surface area contributed by atoms with Crippen molar-refractivity contribution >= 4 is 13.8 Å². The molecule has 58 heavy (non-hydrogen) atoms. The van der Waals surface area contributed by atoms with E-state index in [-0.39, 0.29) is 25.8 Å². The van der Waals surface area contributed by atoms with Crippen LogP contribution in [0.15, 0.2) is 12.2 Å². The third-order valence-electron chi connectivity index (χ3n) is 11.1. The zero-order valence-electron chi connectivity index (χ0n) is 39.3. The van der Waals surface area contributed by atoms with Crippen LogP contribution in [0.4, 0.5) is 0 Å². The summed E-state index contributed by atoms with van der Waals surface area (Å²) in [6, 6.07) is 0. The second kappa shape index (κ2) is 42.9. The van der Waals surface area contributed by atoms with E-state index in [1.807, 2.05) is 21.1 Å². The standard InChI is InChI=1S/C49H98NO7P/c1-6-8-10-12-14-16-18-20-22-24-26-28-30-32-34-36-38-40-42-49(51)57-48(47-56-58(52,53)55-45-43-50(3,4)5)46-54-44-41-39-37-35-33-31-29-27-25-23-21-19-17-15-13-11-9-7-2/h22,24,48H,6-21,23,25-47H2,1-5H3/p+1/b24-22-. The normalized spacial score (nSPS) is 13.7. The highest BCUT2D eigenvalue weighted by molar-refractivity contribution is 7.47. The number of unbranched alkanes of at least 4 members (excludes halogenated alkanes) is 31. The van der Waals surface area contributed by atoms with E-state index in [0.717, 1.165) is 32.1 Å². The molecule has 2 unspecified atom stereocenters. The van der Waals surface area contributed by atoms with Gasteiger partial charge in [0.25, 0.3) is 0 Å². The summed E-state index contributed by atoms with van der Waals surface area (Å²) in [5.74, 6) is -0.313. The van der Waals surface area contributed by atoms with E-state index in [0.29, 0.717) is 24.1 Å². The highest BCUT2D eigenvalue weighted by Crippen LogP contribution is 2.43. The number of ether oxygens (including phenoxy) is 2. The van der Waals surface area contributed by atoms with E-state index >= 15 is 0 Å². The molecule has 9 heteroatoms. The van der Waals surface area contributed by atoms with Crippen LogP contribution in [0.5, 0.6) is 0 Å². The predicted molar refractivity (Wildman–Crippen MR) is 247 cm³/mol. The average molecular weight is 845 g/mol. The van der Waals surface area contributed by atoms with Crippen LogP contribution in [0.3, 0.4) is 0 Å². The van der Waals surface area contributed by atoms with Gasteiger partial charge >= 0.3 is 13.8 Å². The third-order valence-corrected chi connectivity index (χ3v) is 12.1. The lowest BCUT2D eigenvalue weighted by Crippen LogP contribution is -2.37. The smallest absolute Gasteiger partial charge is 0.457 e. The van der Waals surface area contributed by atoms with Gasteiger partial charge in [-0.3, -0.25) is 13.8 Å². The van der Waals surface area contributed by atoms with E-state index < -0.39 is 13.9 Å². The summed E-state index contributed by atoms with van der Waals surface area (Å²) in [5.41, 5.74) is 0. The number of hydrogen-bond donors (Lipinski definition) is 1. The fraction of sp³-hybridized carbons (Fsp3) is 0.939. The van der Waals surface area contributed by atoms with Gasteiger partial charge in [-0.15, -0.1) is 0 Å². The molecule has 2 atom stereocenters. The van der Waals surface area contributed by atoms with Crippen LogP contribution < -0.4 is 0 Å². The number of hydrogen-bond acceptors (Lipinski definition) is 6. The molecular weight excluding hydrogens is 746 g/mol. The molecule has 0 aliphatic rings. The van der Waals surface area contributed by atoms with Crippen LogP contribution in [0.25, 0.3) is 0 Å². The maximum absolute atomic E-state index is 12.7. The molecule has 0 aliphatic carbocycles. The Bertz CT molecular complexity index is 940. The molecule has 0 bridgehead atoms. The van der Waals surface area contributed by atoms with Crippen molar-refractivity contribution in [2.24, 2.45) is 0 Å². The first kappa shape index (κ1) is 57.2. The van der Waals surface area contributed by atoms with Gasteiger partial charge in [0.1, 0.15) is 19.3 Å². The minimum Gasteiger partial charge on any atom is -0.457 e. The molecule has 0 fully saturated rings. The molecule has 0 saturated heterocycles. The fourth-order valence-corrected chi connectivity index (χ4v) is 7.94. The Morgan fingerprint density at radius 3 is 1.31 bits per heavy atom. The molecule has 0 rings (SSSR count). The Labute approximate surface area is 360 Å². The maximum atomic E-state index is 12.7. The van der Waals surface area contributed by atoms with Gasteiger partial charge in [-0.25, -0.2) is 4.57 Å². The van der Waals surface area contributed by atoms with Crippen molar-refractivity contribution in [3.8, 4) is 0 Å². The van der Waals surface area contributed by atoms with Crippen LogP contribution in [-0.2, 0) is 27.9 Å². The molecule has 0 aliphatic heterocycles. The van der Waals surface area contributed by atoms with E-state index in [4.69, 9.17) is 18.5 Å². The Morgan fingerprint density at radius 2 is 0.897 bits per heavy atom. The van der Waals surface area contributed by atoms with Gasteiger partial charge in [-0.2, -0.15) is 0 Å². The van der Waals surface area contributed by atoms with E-state index in [9.17, 15) is 14.3 Å². The van der Waals surface area contributed by atoms with Crippen LogP contribution in [0.1, 0.15) is 239 Å². The summed E-state index contributed by atoms with van der Waals surface area (Å²) in [6.45, 7) is 5.67. The number of carbonyl (C=O) groups excluding carboxylic acids is 1. The van der Waals surface area contributed by atoms with Crippen molar-refractivity contribution < 1.29 is 37.3 Å². The topological polar surface area (TPSA) is 91.3 Å². The average Bonchev–Trinajstić information content (AvgIpc) is 3.18. The number of likely N-dealkylation sites (N-methyl/N-ethyl adjacent to an activating group) is 1. The number of allylic oxidation sites excluding steroid dienone is 2. The molecule has 1 N–H and O–H groups in total. The Hall–Kier alpha value is -0.760. The Kier molecular flexibility index (Phi) is 42.3.